The molecule has 1 aliphatic rings. The van der Waals surface area contributed by atoms with Crippen molar-refractivity contribution in [2.75, 3.05) is 19.5 Å². The summed E-state index contributed by atoms with van der Waals surface area (Å²) in [7, 11) is 3.26. The summed E-state index contributed by atoms with van der Waals surface area (Å²) in [6, 6.07) is 7.85. The number of hydrogen-bond donors (Lipinski definition) is 3. The van der Waals surface area contributed by atoms with Crippen molar-refractivity contribution >= 4 is 17.8 Å². The summed E-state index contributed by atoms with van der Waals surface area (Å²) in [5.74, 6) is 1.99. The first-order chi connectivity index (χ1) is 14.5. The second-order valence-electron chi connectivity index (χ2n) is 7.49. The molecule has 7 nitrogen and oxygen atoms in total. The van der Waals surface area contributed by atoms with Gasteiger partial charge < -0.3 is 25.8 Å². The van der Waals surface area contributed by atoms with Crippen LogP contribution in [0.5, 0.6) is 11.5 Å². The Morgan fingerprint density at radius 3 is 2.83 bits per heavy atom. The van der Waals surface area contributed by atoms with Gasteiger partial charge in [0.25, 0.3) is 0 Å². The Kier molecular flexibility index (Phi) is 7.30. The lowest BCUT2D eigenvalue weighted by Crippen LogP contribution is -2.43. The van der Waals surface area contributed by atoms with E-state index in [9.17, 15) is 4.79 Å². The van der Waals surface area contributed by atoms with Crippen LogP contribution in [0.4, 0.5) is 5.82 Å². The molecular formula is C23H30N4O3. The molecule has 1 aliphatic carbocycles. The van der Waals surface area contributed by atoms with Gasteiger partial charge in [-0.25, -0.2) is 4.98 Å². The number of rotatable bonds is 8. The molecule has 30 heavy (non-hydrogen) atoms. The lowest BCUT2D eigenvalue weighted by Gasteiger charge is -2.16. The zero-order valence-electron chi connectivity index (χ0n) is 17.8. The fraction of sp³-hybridized carbons (Fsp3) is 0.391. The second kappa shape index (κ2) is 10.1. The number of aromatic nitrogens is 1. The number of carbonyl (C=O) groups is 1. The van der Waals surface area contributed by atoms with Crippen LogP contribution in [0.3, 0.4) is 0 Å². The second-order valence-corrected chi connectivity index (χ2v) is 7.49. The maximum absolute atomic E-state index is 12.3. The lowest BCUT2D eigenvalue weighted by molar-refractivity contribution is -0.117. The molecule has 4 N–H and O–H groups in total. The fourth-order valence-electron chi connectivity index (χ4n) is 3.78. The summed E-state index contributed by atoms with van der Waals surface area (Å²) in [5, 5.41) is 6.33. The minimum absolute atomic E-state index is 0.0444. The zero-order chi connectivity index (χ0) is 21.5. The van der Waals surface area contributed by atoms with E-state index in [0.717, 1.165) is 41.7 Å². The fourth-order valence-corrected chi connectivity index (χ4v) is 3.78. The standard InChI is InChI=1S/C23H30N4O3/c1-15-12-16(13-20(29-2)22(15)30-3)14-26-23-17(6-5-11-25-23)9-10-21(28)27-19-8-4-7-18(19)24/h5-6,9-13,18-19H,4,7-8,14,24H2,1-3H3,(H,25,26)(H,27,28)/b10-9+. The maximum atomic E-state index is 12.3. The van der Waals surface area contributed by atoms with Crippen LogP contribution in [0.25, 0.3) is 6.08 Å². The van der Waals surface area contributed by atoms with E-state index in [1.807, 2.05) is 31.2 Å². The first-order valence-electron chi connectivity index (χ1n) is 10.2. The smallest absolute Gasteiger partial charge is 0.244 e. The van der Waals surface area contributed by atoms with Gasteiger partial charge in [-0.05, 0) is 61.6 Å². The van der Waals surface area contributed by atoms with Crippen molar-refractivity contribution < 1.29 is 14.3 Å². The van der Waals surface area contributed by atoms with Gasteiger partial charge in [-0.1, -0.05) is 6.07 Å². The van der Waals surface area contributed by atoms with Crippen LogP contribution < -0.4 is 25.8 Å². The van der Waals surface area contributed by atoms with E-state index in [1.54, 1.807) is 26.5 Å². The van der Waals surface area contributed by atoms with Gasteiger partial charge in [0, 0.05) is 36.5 Å². The van der Waals surface area contributed by atoms with E-state index in [1.165, 1.54) is 6.08 Å². The van der Waals surface area contributed by atoms with Gasteiger partial charge in [0.1, 0.15) is 5.82 Å². The minimum atomic E-state index is -0.136. The normalized spacial score (nSPS) is 18.4. The van der Waals surface area contributed by atoms with Crippen LogP contribution in [-0.4, -0.2) is 37.2 Å². The predicted molar refractivity (Wildman–Crippen MR) is 119 cm³/mol. The largest absolute Gasteiger partial charge is 0.493 e. The molecule has 2 aromatic rings. The van der Waals surface area contributed by atoms with Gasteiger partial charge in [-0.15, -0.1) is 0 Å². The predicted octanol–water partition coefficient (Wildman–Crippen LogP) is 3.03. The highest BCUT2D eigenvalue weighted by Crippen LogP contribution is 2.32. The molecule has 1 fully saturated rings. The lowest BCUT2D eigenvalue weighted by atomic mass is 10.1. The molecule has 0 radical (unpaired) electrons. The molecule has 7 heteroatoms. The number of hydrogen-bond acceptors (Lipinski definition) is 6. The molecule has 0 bridgehead atoms. The minimum Gasteiger partial charge on any atom is -0.493 e. The highest BCUT2D eigenvalue weighted by Gasteiger charge is 2.24. The van der Waals surface area contributed by atoms with Crippen LogP contribution in [0.2, 0.25) is 0 Å². The van der Waals surface area contributed by atoms with Crippen molar-refractivity contribution in [2.24, 2.45) is 5.73 Å². The van der Waals surface area contributed by atoms with E-state index < -0.39 is 0 Å². The highest BCUT2D eigenvalue weighted by atomic mass is 16.5. The van der Waals surface area contributed by atoms with Gasteiger partial charge in [0.15, 0.2) is 11.5 Å². The summed E-state index contributed by atoms with van der Waals surface area (Å²) in [5.41, 5.74) is 8.90. The van der Waals surface area contributed by atoms with Crippen LogP contribution in [0, 0.1) is 6.92 Å². The average molecular weight is 411 g/mol. The van der Waals surface area contributed by atoms with Crippen molar-refractivity contribution in [1.29, 1.82) is 0 Å². The van der Waals surface area contributed by atoms with Gasteiger partial charge >= 0.3 is 0 Å². The molecule has 3 rings (SSSR count). The van der Waals surface area contributed by atoms with Crippen molar-refractivity contribution in [2.45, 2.75) is 44.8 Å². The Hall–Kier alpha value is -3.06. The van der Waals surface area contributed by atoms with Crippen molar-refractivity contribution in [1.82, 2.24) is 10.3 Å². The molecule has 1 aromatic heterocycles. The monoisotopic (exact) mass is 410 g/mol. The number of carbonyl (C=O) groups excluding carboxylic acids is 1. The molecule has 2 atom stereocenters. The number of ether oxygens (including phenoxy) is 2. The number of methoxy groups -OCH3 is 2. The number of amides is 1. The molecule has 0 saturated heterocycles. The summed E-state index contributed by atoms with van der Waals surface area (Å²) in [4.78, 5) is 16.7. The number of aryl methyl sites for hydroxylation is 1. The third-order valence-corrected chi connectivity index (χ3v) is 5.33. The van der Waals surface area contributed by atoms with Crippen LogP contribution >= 0.6 is 0 Å². The summed E-state index contributed by atoms with van der Waals surface area (Å²) in [6.07, 6.45) is 7.98. The first-order valence-corrected chi connectivity index (χ1v) is 10.2. The van der Waals surface area contributed by atoms with Crippen LogP contribution in [-0.2, 0) is 11.3 Å². The molecular weight excluding hydrogens is 380 g/mol. The molecule has 1 heterocycles. The SMILES string of the molecule is COc1cc(CNc2ncccc2/C=C/C(=O)NC2CCCC2N)cc(C)c1OC. The van der Waals surface area contributed by atoms with E-state index in [0.29, 0.717) is 18.1 Å². The summed E-state index contributed by atoms with van der Waals surface area (Å²) in [6.45, 7) is 2.54. The van der Waals surface area contributed by atoms with Gasteiger partial charge in [-0.3, -0.25) is 4.79 Å². The number of nitrogens with two attached hydrogens (primary N) is 1. The Morgan fingerprint density at radius 1 is 1.30 bits per heavy atom. The van der Waals surface area contributed by atoms with Crippen molar-refractivity contribution in [3.63, 3.8) is 0 Å². The maximum Gasteiger partial charge on any atom is 0.244 e. The van der Waals surface area contributed by atoms with Crippen molar-refractivity contribution in [3.8, 4) is 11.5 Å². The Bertz CT molecular complexity index is 913. The Labute approximate surface area is 177 Å². The van der Waals surface area contributed by atoms with E-state index in [4.69, 9.17) is 15.2 Å². The van der Waals surface area contributed by atoms with Gasteiger partial charge in [0.2, 0.25) is 5.91 Å². The number of pyridine rings is 1. The number of anilines is 1. The number of nitrogens with one attached hydrogen (secondary N) is 2. The third-order valence-electron chi connectivity index (χ3n) is 5.33. The first kappa shape index (κ1) is 21.6. The Morgan fingerprint density at radius 2 is 2.13 bits per heavy atom. The Balaban J connectivity index is 1.67. The van der Waals surface area contributed by atoms with Gasteiger partial charge in [-0.2, -0.15) is 0 Å². The van der Waals surface area contributed by atoms with Crippen LogP contribution in [0.15, 0.2) is 36.5 Å². The molecule has 1 aromatic carbocycles. The molecule has 160 valence electrons. The molecule has 0 aliphatic heterocycles. The summed E-state index contributed by atoms with van der Waals surface area (Å²) >= 11 is 0. The topological polar surface area (TPSA) is 98.5 Å². The zero-order valence-corrected chi connectivity index (χ0v) is 17.8. The number of nitrogens with zero attached hydrogens (tertiary/aromatic N) is 1. The molecule has 1 saturated carbocycles. The van der Waals surface area contributed by atoms with E-state index >= 15 is 0 Å². The van der Waals surface area contributed by atoms with Gasteiger partial charge in [0.05, 0.1) is 14.2 Å². The van der Waals surface area contributed by atoms with Crippen LogP contribution in [0.1, 0.15) is 36.0 Å². The highest BCUT2D eigenvalue weighted by molar-refractivity contribution is 5.92. The molecule has 1 amide bonds. The third kappa shape index (κ3) is 5.30. The quantitative estimate of drug-likeness (QED) is 0.579. The van der Waals surface area contributed by atoms with E-state index in [2.05, 4.69) is 15.6 Å². The molecule has 2 unspecified atom stereocenters. The summed E-state index contributed by atoms with van der Waals surface area (Å²) < 4.78 is 10.8. The number of benzene rings is 1. The molecule has 0 spiro atoms. The van der Waals surface area contributed by atoms with Crippen molar-refractivity contribution in [3.05, 3.63) is 53.2 Å². The average Bonchev–Trinajstić information content (AvgIpc) is 3.15. The van der Waals surface area contributed by atoms with E-state index in [-0.39, 0.29) is 18.0 Å².